The SMILES string of the molecule is Cn1c(=O)oc2ccc(N(CC3CC3)[C@H]3CC[C@@H](N(C)c4c(C#N)c(=O)n(C)c5ccc(C#N)nc45)CC3)cc21. The van der Waals surface area contributed by atoms with Gasteiger partial charge < -0.3 is 18.8 Å². The first-order valence-electron chi connectivity index (χ1n) is 13.7. The Labute approximate surface area is 231 Å². The number of anilines is 2. The summed E-state index contributed by atoms with van der Waals surface area (Å²) >= 11 is 0. The number of rotatable bonds is 6. The average Bonchev–Trinajstić information content (AvgIpc) is 3.76. The maximum Gasteiger partial charge on any atom is 0.419 e. The van der Waals surface area contributed by atoms with Crippen LogP contribution in [0.2, 0.25) is 0 Å². The summed E-state index contributed by atoms with van der Waals surface area (Å²) in [7, 11) is 5.28. The molecule has 40 heavy (non-hydrogen) atoms. The van der Waals surface area contributed by atoms with E-state index < -0.39 is 0 Å². The lowest BCUT2D eigenvalue weighted by atomic mass is 9.88. The maximum absolute atomic E-state index is 13.1. The van der Waals surface area contributed by atoms with Crippen molar-refractivity contribution in [2.75, 3.05) is 23.4 Å². The van der Waals surface area contributed by atoms with Crippen molar-refractivity contribution >= 4 is 33.5 Å². The van der Waals surface area contributed by atoms with Gasteiger partial charge >= 0.3 is 5.76 Å². The number of fused-ring (bicyclic) bond motifs is 2. The summed E-state index contributed by atoms with van der Waals surface area (Å²) in [6, 6.07) is 14.0. The summed E-state index contributed by atoms with van der Waals surface area (Å²) in [4.78, 5) is 34.2. The lowest BCUT2D eigenvalue weighted by Crippen LogP contribution is -2.44. The molecule has 0 spiro atoms. The average molecular weight is 538 g/mol. The van der Waals surface area contributed by atoms with Crippen molar-refractivity contribution < 1.29 is 4.42 Å². The smallest absolute Gasteiger partial charge is 0.408 e. The monoisotopic (exact) mass is 537 g/mol. The minimum atomic E-state index is -0.364. The fraction of sp³-hybridized carbons (Fsp3) is 0.433. The highest BCUT2D eigenvalue weighted by molar-refractivity contribution is 5.92. The molecule has 0 saturated heterocycles. The number of nitrogens with zero attached hydrogens (tertiary/aromatic N) is 7. The van der Waals surface area contributed by atoms with E-state index in [0.29, 0.717) is 34.3 Å². The number of nitriles is 2. The highest BCUT2D eigenvalue weighted by Gasteiger charge is 2.34. The molecule has 4 aromatic rings. The molecule has 0 radical (unpaired) electrons. The van der Waals surface area contributed by atoms with E-state index in [2.05, 4.69) is 34.2 Å². The Hall–Kier alpha value is -4.57. The van der Waals surface area contributed by atoms with Crippen molar-refractivity contribution in [3.63, 3.8) is 0 Å². The maximum atomic E-state index is 13.1. The fourth-order valence-corrected chi connectivity index (χ4v) is 6.18. The predicted molar refractivity (Wildman–Crippen MR) is 152 cm³/mol. The predicted octanol–water partition coefficient (Wildman–Crippen LogP) is 3.79. The number of aryl methyl sites for hydroxylation is 2. The molecule has 3 aromatic heterocycles. The molecule has 0 N–H and O–H groups in total. The third-order valence-corrected chi connectivity index (χ3v) is 8.71. The normalized spacial score (nSPS) is 18.9. The Bertz CT molecular complexity index is 1830. The molecule has 10 heteroatoms. The Balaban J connectivity index is 1.29. The second-order valence-electron chi connectivity index (χ2n) is 11.1. The van der Waals surface area contributed by atoms with Crippen LogP contribution in [0, 0.1) is 28.6 Å². The molecule has 2 aliphatic carbocycles. The molecule has 0 bridgehead atoms. The van der Waals surface area contributed by atoms with Crippen molar-refractivity contribution in [1.29, 1.82) is 10.5 Å². The van der Waals surface area contributed by atoms with Crippen molar-refractivity contribution in [3.8, 4) is 12.1 Å². The molecule has 204 valence electrons. The Morgan fingerprint density at radius 3 is 2.35 bits per heavy atom. The number of benzene rings is 1. The minimum absolute atomic E-state index is 0.0524. The van der Waals surface area contributed by atoms with Gasteiger partial charge in [0.25, 0.3) is 5.56 Å². The van der Waals surface area contributed by atoms with Gasteiger partial charge in [-0.15, -0.1) is 0 Å². The molecule has 0 aliphatic heterocycles. The van der Waals surface area contributed by atoms with Crippen molar-refractivity contribution in [1.82, 2.24) is 14.1 Å². The second kappa shape index (κ2) is 9.87. The zero-order valence-electron chi connectivity index (χ0n) is 22.9. The van der Waals surface area contributed by atoms with Gasteiger partial charge in [-0.2, -0.15) is 10.5 Å². The van der Waals surface area contributed by atoms with Gasteiger partial charge in [0.2, 0.25) is 0 Å². The highest BCUT2D eigenvalue weighted by Crippen LogP contribution is 2.38. The van der Waals surface area contributed by atoms with Gasteiger partial charge in [0, 0.05) is 45.5 Å². The van der Waals surface area contributed by atoms with E-state index in [0.717, 1.165) is 43.4 Å². The molecule has 2 fully saturated rings. The molecule has 1 aromatic carbocycles. The van der Waals surface area contributed by atoms with Crippen LogP contribution in [0.1, 0.15) is 49.8 Å². The van der Waals surface area contributed by atoms with E-state index in [1.165, 1.54) is 17.4 Å². The molecule has 0 atom stereocenters. The lowest BCUT2D eigenvalue weighted by molar-refractivity contribution is 0.365. The fourth-order valence-electron chi connectivity index (χ4n) is 6.18. The zero-order valence-corrected chi connectivity index (χ0v) is 22.9. The first-order chi connectivity index (χ1) is 19.3. The van der Waals surface area contributed by atoms with Gasteiger partial charge in [-0.05, 0) is 74.8 Å². The molecule has 0 amide bonds. The molecule has 0 unspecified atom stereocenters. The summed E-state index contributed by atoms with van der Waals surface area (Å²) < 4.78 is 8.33. The van der Waals surface area contributed by atoms with Crippen LogP contribution in [0.15, 0.2) is 44.3 Å². The van der Waals surface area contributed by atoms with Crippen molar-refractivity contribution in [3.05, 3.63) is 62.5 Å². The Morgan fingerprint density at radius 2 is 1.68 bits per heavy atom. The summed E-state index contributed by atoms with van der Waals surface area (Å²) in [5.74, 6) is 0.329. The van der Waals surface area contributed by atoms with E-state index >= 15 is 0 Å². The molecule has 10 nitrogen and oxygen atoms in total. The molecule has 6 rings (SSSR count). The van der Waals surface area contributed by atoms with Crippen LogP contribution >= 0.6 is 0 Å². The van der Waals surface area contributed by atoms with E-state index in [1.54, 1.807) is 30.8 Å². The lowest BCUT2D eigenvalue weighted by Gasteiger charge is -2.41. The summed E-state index contributed by atoms with van der Waals surface area (Å²) in [5, 5.41) is 19.4. The molecule has 2 saturated carbocycles. The topological polar surface area (TPSA) is 124 Å². The van der Waals surface area contributed by atoms with E-state index in [1.807, 2.05) is 18.0 Å². The number of hydrogen-bond donors (Lipinski definition) is 0. The highest BCUT2D eigenvalue weighted by atomic mass is 16.4. The summed E-state index contributed by atoms with van der Waals surface area (Å²) in [5.41, 5.74) is 4.02. The standard InChI is InChI=1S/C30H31N7O3/c1-34(28-23(16-32)29(38)35(2)24-12-6-19(15-31)33-27(24)28)20-7-9-21(10-8-20)37(17-18-4-5-18)22-11-13-26-25(14-22)36(3)30(39)40-26/h6,11-14,18,20-21H,4-5,7-10,17H2,1-3H3/t20-,21+. The van der Waals surface area contributed by atoms with Gasteiger partial charge in [0.1, 0.15) is 28.9 Å². The molecular formula is C30H31N7O3. The first kappa shape index (κ1) is 25.7. The number of pyridine rings is 2. The van der Waals surface area contributed by atoms with Gasteiger partial charge in [0.05, 0.1) is 16.7 Å². The molecule has 3 heterocycles. The van der Waals surface area contributed by atoms with Gasteiger partial charge in [-0.3, -0.25) is 9.36 Å². The number of hydrogen-bond acceptors (Lipinski definition) is 8. The van der Waals surface area contributed by atoms with Crippen LogP contribution < -0.4 is 21.1 Å². The molecule has 2 aliphatic rings. The number of aromatic nitrogens is 3. The summed E-state index contributed by atoms with van der Waals surface area (Å²) in [6.45, 7) is 0.987. The zero-order chi connectivity index (χ0) is 28.1. The minimum Gasteiger partial charge on any atom is -0.408 e. The van der Waals surface area contributed by atoms with Crippen LogP contribution in [0.5, 0.6) is 0 Å². The van der Waals surface area contributed by atoms with Gasteiger partial charge in [-0.1, -0.05) is 0 Å². The Morgan fingerprint density at radius 1 is 0.950 bits per heavy atom. The van der Waals surface area contributed by atoms with Crippen LogP contribution in [0.3, 0.4) is 0 Å². The van der Waals surface area contributed by atoms with Gasteiger partial charge in [-0.25, -0.2) is 9.78 Å². The van der Waals surface area contributed by atoms with Crippen LogP contribution in [-0.2, 0) is 14.1 Å². The quantitative estimate of drug-likeness (QED) is 0.364. The number of oxazole rings is 1. The Kier molecular flexibility index (Phi) is 6.34. The summed E-state index contributed by atoms with van der Waals surface area (Å²) in [6.07, 6.45) is 6.15. The van der Waals surface area contributed by atoms with E-state index in [9.17, 15) is 20.1 Å². The molecular weight excluding hydrogens is 506 g/mol. The largest absolute Gasteiger partial charge is 0.419 e. The van der Waals surface area contributed by atoms with Crippen molar-refractivity contribution in [2.24, 2.45) is 20.0 Å². The van der Waals surface area contributed by atoms with Crippen molar-refractivity contribution in [2.45, 2.75) is 50.6 Å². The third-order valence-electron chi connectivity index (χ3n) is 8.71. The second-order valence-corrected chi connectivity index (χ2v) is 11.1. The van der Waals surface area contributed by atoms with Crippen LogP contribution in [0.25, 0.3) is 22.1 Å². The third kappa shape index (κ3) is 4.30. The van der Waals surface area contributed by atoms with Gasteiger partial charge in [0.15, 0.2) is 5.58 Å². The van der Waals surface area contributed by atoms with E-state index in [4.69, 9.17) is 4.42 Å². The first-order valence-corrected chi connectivity index (χ1v) is 13.7. The van der Waals surface area contributed by atoms with Crippen LogP contribution in [-0.4, -0.2) is 39.8 Å². The van der Waals surface area contributed by atoms with E-state index in [-0.39, 0.29) is 28.6 Å². The van der Waals surface area contributed by atoms with Crippen LogP contribution in [0.4, 0.5) is 11.4 Å².